The number of anilines is 1. The molecule has 0 fully saturated rings. The summed E-state index contributed by atoms with van der Waals surface area (Å²) in [5.41, 5.74) is 3.67. The highest BCUT2D eigenvalue weighted by Crippen LogP contribution is 2.20. The molecule has 0 bridgehead atoms. The van der Waals surface area contributed by atoms with Gasteiger partial charge in [0.05, 0.1) is 0 Å². The average Bonchev–Trinajstić information content (AvgIpc) is 2.32. The zero-order valence-electron chi connectivity index (χ0n) is 11.6. The first-order valence-electron chi connectivity index (χ1n) is 6.50. The molecule has 0 saturated carbocycles. The van der Waals surface area contributed by atoms with Crippen molar-refractivity contribution in [1.29, 1.82) is 0 Å². The number of rotatable bonds is 7. The minimum Gasteiger partial charge on any atom is -0.374 e. The van der Waals surface area contributed by atoms with E-state index in [1.165, 1.54) is 30.5 Å². The lowest BCUT2D eigenvalue weighted by Crippen LogP contribution is -2.21. The van der Waals surface area contributed by atoms with Gasteiger partial charge in [0, 0.05) is 43.3 Å². The van der Waals surface area contributed by atoms with Crippen LogP contribution in [0, 0.1) is 6.92 Å². The van der Waals surface area contributed by atoms with Crippen molar-refractivity contribution in [2.45, 2.75) is 39.7 Å². The molecule has 0 aliphatic carbocycles. The summed E-state index contributed by atoms with van der Waals surface area (Å²) in [6.07, 6.45) is 5.81. The summed E-state index contributed by atoms with van der Waals surface area (Å²) in [4.78, 5) is 6.71. The van der Waals surface area contributed by atoms with Gasteiger partial charge in [0.2, 0.25) is 0 Å². The van der Waals surface area contributed by atoms with E-state index >= 15 is 0 Å². The second-order valence-electron chi connectivity index (χ2n) is 4.61. The number of pyridine rings is 1. The van der Waals surface area contributed by atoms with Gasteiger partial charge in [-0.2, -0.15) is 0 Å². The van der Waals surface area contributed by atoms with Crippen molar-refractivity contribution in [3.05, 3.63) is 23.5 Å². The highest BCUT2D eigenvalue weighted by atomic mass is 15.1. The van der Waals surface area contributed by atoms with Crippen LogP contribution in [0.4, 0.5) is 5.69 Å². The van der Waals surface area contributed by atoms with Gasteiger partial charge in [-0.05, 0) is 26.5 Å². The molecule has 0 amide bonds. The smallest absolute Gasteiger partial charge is 0.0442 e. The number of aryl methyl sites for hydroxylation is 1. The van der Waals surface area contributed by atoms with E-state index in [0.717, 1.165) is 18.8 Å². The van der Waals surface area contributed by atoms with Crippen LogP contribution in [0.3, 0.4) is 0 Å². The van der Waals surface area contributed by atoms with Crippen LogP contribution < -0.4 is 10.2 Å². The fourth-order valence-corrected chi connectivity index (χ4v) is 1.98. The third kappa shape index (κ3) is 4.35. The Hall–Kier alpha value is -1.09. The molecule has 0 unspecified atom stereocenters. The van der Waals surface area contributed by atoms with Crippen LogP contribution in [0.1, 0.15) is 37.4 Å². The Balaban J connectivity index is 2.74. The minimum absolute atomic E-state index is 0.876. The van der Waals surface area contributed by atoms with Crippen LogP contribution in [-0.2, 0) is 6.54 Å². The second kappa shape index (κ2) is 7.28. The van der Waals surface area contributed by atoms with Crippen LogP contribution in [0.25, 0.3) is 0 Å². The minimum atomic E-state index is 0.876. The van der Waals surface area contributed by atoms with Gasteiger partial charge >= 0.3 is 0 Å². The van der Waals surface area contributed by atoms with Crippen LogP contribution >= 0.6 is 0 Å². The summed E-state index contributed by atoms with van der Waals surface area (Å²) >= 11 is 0. The van der Waals surface area contributed by atoms with Gasteiger partial charge in [-0.25, -0.2) is 0 Å². The summed E-state index contributed by atoms with van der Waals surface area (Å²) in [6.45, 7) is 6.28. The third-order valence-corrected chi connectivity index (χ3v) is 2.97. The second-order valence-corrected chi connectivity index (χ2v) is 4.61. The molecule has 1 N–H and O–H groups in total. The van der Waals surface area contributed by atoms with Crippen molar-refractivity contribution in [3.63, 3.8) is 0 Å². The predicted octanol–water partition coefficient (Wildman–Crippen LogP) is 2.74. The van der Waals surface area contributed by atoms with E-state index in [-0.39, 0.29) is 0 Å². The summed E-state index contributed by atoms with van der Waals surface area (Å²) < 4.78 is 0. The molecule has 3 heteroatoms. The monoisotopic (exact) mass is 235 g/mol. The number of nitrogens with zero attached hydrogens (tertiary/aromatic N) is 2. The SMILES string of the molecule is CCCCCN(C)c1cc(C)ncc1CNC. The molecule has 0 aliphatic rings. The zero-order valence-corrected chi connectivity index (χ0v) is 11.6. The molecule has 1 aromatic rings. The number of hydrogen-bond donors (Lipinski definition) is 1. The summed E-state index contributed by atoms with van der Waals surface area (Å²) in [5, 5.41) is 3.20. The van der Waals surface area contributed by atoms with Crippen LogP contribution in [0.15, 0.2) is 12.3 Å². The molecule has 0 saturated heterocycles. The zero-order chi connectivity index (χ0) is 12.7. The Morgan fingerprint density at radius 2 is 2.12 bits per heavy atom. The van der Waals surface area contributed by atoms with E-state index in [9.17, 15) is 0 Å². The van der Waals surface area contributed by atoms with E-state index in [2.05, 4.69) is 35.2 Å². The largest absolute Gasteiger partial charge is 0.374 e. The molecule has 0 atom stereocenters. The highest BCUT2D eigenvalue weighted by molar-refractivity contribution is 5.53. The Morgan fingerprint density at radius 3 is 2.76 bits per heavy atom. The van der Waals surface area contributed by atoms with Crippen molar-refractivity contribution in [2.24, 2.45) is 0 Å². The lowest BCUT2D eigenvalue weighted by atomic mass is 10.1. The van der Waals surface area contributed by atoms with Crippen molar-refractivity contribution in [3.8, 4) is 0 Å². The molecule has 3 nitrogen and oxygen atoms in total. The van der Waals surface area contributed by atoms with Gasteiger partial charge in [0.15, 0.2) is 0 Å². The first-order valence-corrected chi connectivity index (χ1v) is 6.50. The van der Waals surface area contributed by atoms with E-state index in [0.29, 0.717) is 0 Å². The van der Waals surface area contributed by atoms with Crippen molar-refractivity contribution >= 4 is 5.69 Å². The average molecular weight is 235 g/mol. The summed E-state index contributed by atoms with van der Waals surface area (Å²) in [7, 11) is 4.14. The molecule has 96 valence electrons. The van der Waals surface area contributed by atoms with Crippen molar-refractivity contribution in [1.82, 2.24) is 10.3 Å². The molecule has 17 heavy (non-hydrogen) atoms. The maximum Gasteiger partial charge on any atom is 0.0442 e. The lowest BCUT2D eigenvalue weighted by Gasteiger charge is -2.22. The predicted molar refractivity (Wildman–Crippen MR) is 74.5 cm³/mol. The summed E-state index contributed by atoms with van der Waals surface area (Å²) in [6, 6.07) is 2.18. The first-order chi connectivity index (χ1) is 8.19. The van der Waals surface area contributed by atoms with E-state index in [1.807, 2.05) is 20.2 Å². The van der Waals surface area contributed by atoms with E-state index in [4.69, 9.17) is 0 Å². The fraction of sp³-hybridized carbons (Fsp3) is 0.643. The maximum atomic E-state index is 4.37. The number of hydrogen-bond acceptors (Lipinski definition) is 3. The van der Waals surface area contributed by atoms with Gasteiger partial charge in [0.1, 0.15) is 0 Å². The molecular formula is C14H25N3. The first kappa shape index (κ1) is 14.0. The van der Waals surface area contributed by atoms with Gasteiger partial charge in [-0.3, -0.25) is 4.98 Å². The molecule has 0 radical (unpaired) electrons. The van der Waals surface area contributed by atoms with E-state index in [1.54, 1.807) is 0 Å². The maximum absolute atomic E-state index is 4.37. The fourth-order valence-electron chi connectivity index (χ4n) is 1.98. The molecular weight excluding hydrogens is 210 g/mol. The van der Waals surface area contributed by atoms with Crippen LogP contribution in [0.2, 0.25) is 0 Å². The van der Waals surface area contributed by atoms with Crippen molar-refractivity contribution < 1.29 is 0 Å². The Labute approximate surface area is 105 Å². The molecule has 0 spiro atoms. The van der Waals surface area contributed by atoms with Crippen LogP contribution in [-0.4, -0.2) is 25.6 Å². The number of aromatic nitrogens is 1. The summed E-state index contributed by atoms with van der Waals surface area (Å²) in [5.74, 6) is 0. The van der Waals surface area contributed by atoms with Gasteiger partial charge in [0.25, 0.3) is 0 Å². The standard InChI is InChI=1S/C14H25N3/c1-5-6-7-8-17(4)14-9-12(2)16-11-13(14)10-15-3/h9,11,15H,5-8,10H2,1-4H3. The Bertz CT molecular complexity index is 336. The number of unbranched alkanes of at least 4 members (excludes halogenated alkanes) is 2. The number of nitrogens with one attached hydrogen (secondary N) is 1. The third-order valence-electron chi connectivity index (χ3n) is 2.97. The van der Waals surface area contributed by atoms with Gasteiger partial charge in [-0.15, -0.1) is 0 Å². The highest BCUT2D eigenvalue weighted by Gasteiger charge is 2.07. The quantitative estimate of drug-likeness (QED) is 0.737. The van der Waals surface area contributed by atoms with Crippen LogP contribution in [0.5, 0.6) is 0 Å². The molecule has 1 rings (SSSR count). The molecule has 0 aromatic carbocycles. The van der Waals surface area contributed by atoms with Gasteiger partial charge in [-0.1, -0.05) is 19.8 Å². The Morgan fingerprint density at radius 1 is 1.35 bits per heavy atom. The van der Waals surface area contributed by atoms with Crippen molar-refractivity contribution in [2.75, 3.05) is 25.5 Å². The molecule has 0 aliphatic heterocycles. The molecule has 1 aromatic heterocycles. The molecule has 1 heterocycles. The van der Waals surface area contributed by atoms with Gasteiger partial charge < -0.3 is 10.2 Å². The topological polar surface area (TPSA) is 28.2 Å². The lowest BCUT2D eigenvalue weighted by molar-refractivity contribution is 0.700. The normalized spacial score (nSPS) is 10.6. The Kier molecular flexibility index (Phi) is 5.98. The van der Waals surface area contributed by atoms with E-state index < -0.39 is 0 Å².